The molecule has 0 aliphatic carbocycles. The minimum Gasteiger partial charge on any atom is -0.593 e. The Bertz CT molecular complexity index is 1190. The molecule has 196 valence electrons. The quantitative estimate of drug-likeness (QED) is 0.537. The van der Waals surface area contributed by atoms with Gasteiger partial charge in [0.1, 0.15) is 28.6 Å². The molecule has 1 atom stereocenters. The Kier molecular flexibility index (Phi) is 7.80. The fraction of sp³-hybridized carbons (Fsp3) is 0.407. The molecule has 2 fully saturated rings. The molecule has 2 aromatic carbocycles. The van der Waals surface area contributed by atoms with Gasteiger partial charge in [0.2, 0.25) is 0 Å². The molecule has 0 bridgehead atoms. The molecule has 2 aromatic rings. The Labute approximate surface area is 219 Å². The van der Waals surface area contributed by atoms with E-state index in [1.807, 2.05) is 35.5 Å². The Morgan fingerprint density at radius 3 is 2.68 bits per heavy atom. The van der Waals surface area contributed by atoms with E-state index < -0.39 is 16.9 Å². The zero-order valence-electron chi connectivity index (χ0n) is 20.7. The van der Waals surface area contributed by atoms with Crippen LogP contribution in [-0.4, -0.2) is 58.4 Å². The molecule has 8 nitrogen and oxygen atoms in total. The highest BCUT2D eigenvalue weighted by Crippen LogP contribution is 2.33. The normalized spacial score (nSPS) is 21.2. The average molecular weight is 527 g/mol. The van der Waals surface area contributed by atoms with Gasteiger partial charge in [0.15, 0.2) is 5.75 Å². The van der Waals surface area contributed by atoms with Crippen molar-refractivity contribution in [2.75, 3.05) is 26.2 Å². The van der Waals surface area contributed by atoms with Gasteiger partial charge >= 0.3 is 0 Å². The molecule has 10 heteroatoms. The molecule has 5 rings (SSSR count). The number of piperidine rings is 2. The van der Waals surface area contributed by atoms with Crippen LogP contribution in [0.2, 0.25) is 0 Å². The number of hydrogen-bond acceptors (Lipinski definition) is 7. The van der Waals surface area contributed by atoms with Crippen molar-refractivity contribution in [1.29, 1.82) is 0 Å². The van der Waals surface area contributed by atoms with Crippen molar-refractivity contribution in [3.8, 4) is 11.5 Å². The summed E-state index contributed by atoms with van der Waals surface area (Å²) in [5.74, 6) is 1.13. The van der Waals surface area contributed by atoms with Crippen molar-refractivity contribution >= 4 is 29.2 Å². The van der Waals surface area contributed by atoms with Gasteiger partial charge in [0.25, 0.3) is 5.91 Å². The SMILES string of the molecule is Cc1cc(OC2CCNCC2)ccc1/C=C/[S+]([O-])N1CCC2(CC1)N=C(c1cccc(OF)c1)NC2=O. The molecule has 3 heterocycles. The maximum atomic E-state index is 13.0. The number of rotatable bonds is 7. The predicted molar refractivity (Wildman–Crippen MR) is 141 cm³/mol. The van der Waals surface area contributed by atoms with E-state index in [2.05, 4.69) is 20.6 Å². The zero-order valence-corrected chi connectivity index (χ0v) is 21.6. The lowest BCUT2D eigenvalue weighted by Gasteiger charge is -2.34. The summed E-state index contributed by atoms with van der Waals surface area (Å²) in [7, 11) is 0. The number of carbonyl (C=O) groups is 1. The van der Waals surface area contributed by atoms with E-state index in [9.17, 15) is 13.9 Å². The third-order valence-corrected chi connectivity index (χ3v) is 8.42. The lowest BCUT2D eigenvalue weighted by Crippen LogP contribution is -2.50. The number of amidine groups is 1. The van der Waals surface area contributed by atoms with Crippen LogP contribution in [0.3, 0.4) is 0 Å². The summed E-state index contributed by atoms with van der Waals surface area (Å²) in [5.41, 5.74) is 1.73. The van der Waals surface area contributed by atoms with Gasteiger partial charge in [0.05, 0.1) is 11.4 Å². The van der Waals surface area contributed by atoms with E-state index in [1.165, 1.54) is 12.1 Å². The average Bonchev–Trinajstić information content (AvgIpc) is 3.24. The van der Waals surface area contributed by atoms with Crippen molar-refractivity contribution in [2.45, 2.75) is 44.2 Å². The number of aliphatic imine (C=N–C) groups is 1. The molecule has 0 saturated carbocycles. The molecule has 3 aliphatic rings. The van der Waals surface area contributed by atoms with Crippen LogP contribution in [0.1, 0.15) is 42.4 Å². The van der Waals surface area contributed by atoms with Crippen molar-refractivity contribution in [2.24, 2.45) is 4.99 Å². The number of amides is 1. The largest absolute Gasteiger partial charge is 0.593 e. The van der Waals surface area contributed by atoms with Gasteiger partial charge in [-0.1, -0.05) is 18.2 Å². The van der Waals surface area contributed by atoms with Gasteiger partial charge in [-0.2, -0.15) is 0 Å². The minimum atomic E-state index is -1.33. The molecular weight excluding hydrogens is 495 g/mol. The van der Waals surface area contributed by atoms with Crippen LogP contribution in [0.15, 0.2) is 52.9 Å². The summed E-state index contributed by atoms with van der Waals surface area (Å²) < 4.78 is 33.5. The number of hydrogen-bond donors (Lipinski definition) is 2. The summed E-state index contributed by atoms with van der Waals surface area (Å²) in [6, 6.07) is 12.3. The first-order valence-corrected chi connectivity index (χ1v) is 13.7. The topological polar surface area (TPSA) is 98.2 Å². The molecule has 2 N–H and O–H groups in total. The van der Waals surface area contributed by atoms with Crippen LogP contribution in [-0.2, 0) is 16.2 Å². The summed E-state index contributed by atoms with van der Waals surface area (Å²) in [6.07, 6.45) is 5.03. The third-order valence-electron chi connectivity index (χ3n) is 7.18. The molecule has 1 spiro atoms. The summed E-state index contributed by atoms with van der Waals surface area (Å²) in [4.78, 5) is 21.3. The van der Waals surface area contributed by atoms with Crippen LogP contribution in [0.4, 0.5) is 4.53 Å². The van der Waals surface area contributed by atoms with E-state index in [0.29, 0.717) is 37.3 Å². The van der Waals surface area contributed by atoms with Gasteiger partial charge in [-0.15, -0.1) is 4.31 Å². The summed E-state index contributed by atoms with van der Waals surface area (Å²) >= 11 is -1.33. The Balaban J connectivity index is 1.18. The zero-order chi connectivity index (χ0) is 25.8. The monoisotopic (exact) mass is 526 g/mol. The van der Waals surface area contributed by atoms with Gasteiger partial charge < -0.3 is 19.9 Å². The number of nitrogens with zero attached hydrogens (tertiary/aromatic N) is 2. The number of nitrogens with one attached hydrogen (secondary N) is 2. The lowest BCUT2D eigenvalue weighted by molar-refractivity contribution is -0.124. The van der Waals surface area contributed by atoms with Crippen molar-refractivity contribution in [3.63, 3.8) is 0 Å². The molecule has 3 aliphatic heterocycles. The molecule has 0 aromatic heterocycles. The third kappa shape index (κ3) is 5.82. The molecule has 0 radical (unpaired) electrons. The van der Waals surface area contributed by atoms with Crippen LogP contribution in [0.5, 0.6) is 11.5 Å². The number of halogens is 1. The maximum Gasteiger partial charge on any atom is 0.253 e. The van der Waals surface area contributed by atoms with E-state index in [4.69, 9.17) is 4.74 Å². The van der Waals surface area contributed by atoms with Crippen molar-refractivity contribution < 1.29 is 23.6 Å². The molecule has 1 amide bonds. The van der Waals surface area contributed by atoms with Gasteiger partial charge in [-0.3, -0.25) is 14.7 Å². The number of ether oxygens (including phenoxy) is 1. The van der Waals surface area contributed by atoms with Gasteiger partial charge in [-0.05, 0) is 87.2 Å². The predicted octanol–water partition coefficient (Wildman–Crippen LogP) is 3.43. The van der Waals surface area contributed by atoms with Crippen LogP contribution in [0.25, 0.3) is 6.08 Å². The highest BCUT2D eigenvalue weighted by atomic mass is 32.2. The molecular formula is C27H31FN4O4S. The standard InChI is InChI=1S/C27H31FN4O4S/c1-19-17-23(35-22-7-12-29-13-8-22)6-5-20(19)9-16-37(34)32-14-10-27(11-15-32)26(33)30-25(31-27)21-3-2-4-24(18-21)36-28/h2-6,9,16-18,22,29H,7-8,10-15H2,1H3,(H,30,31,33)/b16-9+. The Morgan fingerprint density at radius 1 is 1.16 bits per heavy atom. The second kappa shape index (κ2) is 11.2. The number of benzene rings is 2. The summed E-state index contributed by atoms with van der Waals surface area (Å²) in [5, 5.41) is 7.85. The van der Waals surface area contributed by atoms with Gasteiger partial charge in [-0.25, -0.2) is 0 Å². The van der Waals surface area contributed by atoms with Crippen LogP contribution >= 0.6 is 0 Å². The molecule has 2 saturated heterocycles. The Morgan fingerprint density at radius 2 is 1.95 bits per heavy atom. The minimum absolute atomic E-state index is 0.0478. The first-order chi connectivity index (χ1) is 18.0. The fourth-order valence-electron chi connectivity index (χ4n) is 4.95. The van der Waals surface area contributed by atoms with Crippen LogP contribution in [0, 0.1) is 6.92 Å². The first-order valence-electron chi connectivity index (χ1n) is 12.6. The fourth-order valence-corrected chi connectivity index (χ4v) is 5.93. The van der Waals surface area contributed by atoms with Gasteiger partial charge in [0, 0.05) is 23.2 Å². The van der Waals surface area contributed by atoms with Crippen molar-refractivity contribution in [3.05, 3.63) is 64.6 Å². The lowest BCUT2D eigenvalue weighted by atomic mass is 9.89. The molecule has 37 heavy (non-hydrogen) atoms. The van der Waals surface area contributed by atoms with E-state index in [0.717, 1.165) is 42.8 Å². The summed E-state index contributed by atoms with van der Waals surface area (Å²) in [6.45, 7) is 4.92. The molecule has 1 unspecified atom stereocenters. The maximum absolute atomic E-state index is 13.0. The van der Waals surface area contributed by atoms with E-state index in [1.54, 1.807) is 17.5 Å². The van der Waals surface area contributed by atoms with Crippen molar-refractivity contribution in [1.82, 2.24) is 14.9 Å². The van der Waals surface area contributed by atoms with Crippen LogP contribution < -0.4 is 20.3 Å². The highest BCUT2D eigenvalue weighted by molar-refractivity contribution is 7.92. The Hall–Kier alpha value is -2.92. The second-order valence-electron chi connectivity index (χ2n) is 9.64. The van der Waals surface area contributed by atoms with E-state index in [-0.39, 0.29) is 17.8 Å². The highest BCUT2D eigenvalue weighted by Gasteiger charge is 2.47. The van der Waals surface area contributed by atoms with E-state index >= 15 is 0 Å². The number of carbonyl (C=O) groups excluding carboxylic acids is 1. The first kappa shape index (κ1) is 25.7. The smallest absolute Gasteiger partial charge is 0.253 e. The second-order valence-corrected chi connectivity index (χ2v) is 11.0. The number of aryl methyl sites for hydroxylation is 1.